The predicted octanol–water partition coefficient (Wildman–Crippen LogP) is 4.80. The number of nitrogens with two attached hydrogens (primary N) is 1. The fourth-order valence-electron chi connectivity index (χ4n) is 3.76. The Kier molecular flexibility index (Phi) is 5.28. The van der Waals surface area contributed by atoms with E-state index in [1.807, 2.05) is 22.9 Å². The second kappa shape index (κ2) is 8.00. The fourth-order valence-corrected chi connectivity index (χ4v) is 3.76. The van der Waals surface area contributed by atoms with E-state index in [4.69, 9.17) is 5.73 Å². The molecule has 0 saturated heterocycles. The smallest absolute Gasteiger partial charge is 0.145 e. The van der Waals surface area contributed by atoms with Crippen molar-refractivity contribution in [1.82, 2.24) is 23.9 Å². The normalized spacial score (nSPS) is 15.2. The van der Waals surface area contributed by atoms with Crippen molar-refractivity contribution < 1.29 is 0 Å². The third-order valence-electron chi connectivity index (χ3n) is 5.79. The summed E-state index contributed by atoms with van der Waals surface area (Å²) in [4.78, 5) is 12.5. The van der Waals surface area contributed by atoms with Gasteiger partial charge in [-0.05, 0) is 56.4 Å². The lowest BCUT2D eigenvalue weighted by Crippen LogP contribution is -2.13. The minimum Gasteiger partial charge on any atom is -0.383 e. The summed E-state index contributed by atoms with van der Waals surface area (Å²) in [6.45, 7) is 4.32. The molecule has 28 heavy (non-hydrogen) atoms. The minimum atomic E-state index is 0.484. The summed E-state index contributed by atoms with van der Waals surface area (Å²) >= 11 is 0. The molecule has 1 unspecified atom stereocenters. The van der Waals surface area contributed by atoms with Gasteiger partial charge in [0.25, 0.3) is 0 Å². The maximum absolute atomic E-state index is 5.86. The van der Waals surface area contributed by atoms with Gasteiger partial charge in [-0.2, -0.15) is 0 Å². The first-order valence-corrected chi connectivity index (χ1v) is 10.1. The standard InChI is InChI=1S/C14H20N4.C8H8N2/c1-10(5-6-11-3-2-4-11)18-8-7-12-13(15)16-9-17-14(12)18;1-7-2-4-10-5-3-9-8(10)6-7/h7-11H,2-6H2,1H3,(H2,15,16,17);2-6H,1H3. The zero-order valence-corrected chi connectivity index (χ0v) is 16.6. The van der Waals surface area contributed by atoms with E-state index in [0.29, 0.717) is 11.9 Å². The van der Waals surface area contributed by atoms with Crippen molar-refractivity contribution in [2.45, 2.75) is 52.0 Å². The lowest BCUT2D eigenvalue weighted by Gasteiger charge is -2.26. The fraction of sp³-hybridized carbons (Fsp3) is 0.409. The Labute approximate surface area is 165 Å². The molecule has 4 heterocycles. The Morgan fingerprint density at radius 1 is 1.14 bits per heavy atom. The van der Waals surface area contributed by atoms with Crippen LogP contribution < -0.4 is 5.73 Å². The van der Waals surface area contributed by atoms with Crippen LogP contribution in [0.25, 0.3) is 16.7 Å². The third kappa shape index (κ3) is 3.86. The quantitative estimate of drug-likeness (QED) is 0.555. The highest BCUT2D eigenvalue weighted by Gasteiger charge is 2.19. The van der Waals surface area contributed by atoms with Gasteiger partial charge in [0.05, 0.1) is 5.39 Å². The molecule has 2 N–H and O–H groups in total. The van der Waals surface area contributed by atoms with Crippen molar-refractivity contribution >= 4 is 22.5 Å². The number of hydrogen-bond donors (Lipinski definition) is 1. The number of pyridine rings is 1. The average Bonchev–Trinajstić information content (AvgIpc) is 3.27. The van der Waals surface area contributed by atoms with Crippen molar-refractivity contribution in [2.24, 2.45) is 5.92 Å². The molecule has 0 bridgehead atoms. The highest BCUT2D eigenvalue weighted by molar-refractivity contribution is 5.86. The van der Waals surface area contributed by atoms with Crippen molar-refractivity contribution in [1.29, 1.82) is 0 Å². The number of aromatic nitrogens is 5. The molecular weight excluding hydrogens is 348 g/mol. The maximum Gasteiger partial charge on any atom is 0.145 e. The van der Waals surface area contributed by atoms with E-state index >= 15 is 0 Å². The van der Waals surface area contributed by atoms with Crippen LogP contribution >= 0.6 is 0 Å². The van der Waals surface area contributed by atoms with Gasteiger partial charge in [-0.15, -0.1) is 0 Å². The Bertz CT molecular complexity index is 1060. The number of anilines is 1. The number of nitrogens with zero attached hydrogens (tertiary/aromatic N) is 5. The first-order chi connectivity index (χ1) is 13.6. The highest BCUT2D eigenvalue weighted by Crippen LogP contribution is 2.33. The molecule has 4 aromatic rings. The lowest BCUT2D eigenvalue weighted by molar-refractivity contribution is 0.274. The van der Waals surface area contributed by atoms with Crippen molar-refractivity contribution in [3.05, 3.63) is 54.9 Å². The van der Waals surface area contributed by atoms with Crippen LogP contribution in [-0.4, -0.2) is 23.9 Å². The number of hydrogen-bond acceptors (Lipinski definition) is 4. The molecule has 0 spiro atoms. The van der Waals surface area contributed by atoms with Gasteiger partial charge in [0.2, 0.25) is 0 Å². The van der Waals surface area contributed by atoms with Crippen molar-refractivity contribution in [3.63, 3.8) is 0 Å². The molecule has 1 atom stereocenters. The molecule has 0 aliphatic heterocycles. The molecule has 146 valence electrons. The first kappa shape index (κ1) is 18.5. The number of nitrogen functional groups attached to an aromatic ring is 1. The summed E-state index contributed by atoms with van der Waals surface area (Å²) in [5.74, 6) is 1.54. The summed E-state index contributed by atoms with van der Waals surface area (Å²) in [7, 11) is 0. The van der Waals surface area contributed by atoms with Crippen LogP contribution in [0, 0.1) is 12.8 Å². The van der Waals surface area contributed by atoms with Gasteiger partial charge in [0.1, 0.15) is 23.4 Å². The van der Waals surface area contributed by atoms with Crippen LogP contribution in [0.5, 0.6) is 0 Å². The van der Waals surface area contributed by atoms with E-state index in [-0.39, 0.29) is 0 Å². The average molecular weight is 377 g/mol. The molecule has 6 heteroatoms. The van der Waals surface area contributed by atoms with Crippen LogP contribution in [0.4, 0.5) is 5.82 Å². The summed E-state index contributed by atoms with van der Waals surface area (Å²) < 4.78 is 4.22. The van der Waals surface area contributed by atoms with Crippen molar-refractivity contribution in [2.75, 3.05) is 5.73 Å². The van der Waals surface area contributed by atoms with E-state index in [1.54, 1.807) is 12.5 Å². The van der Waals surface area contributed by atoms with Gasteiger partial charge in [-0.25, -0.2) is 15.0 Å². The number of aryl methyl sites for hydroxylation is 1. The first-order valence-electron chi connectivity index (χ1n) is 10.1. The Balaban J connectivity index is 0.000000162. The molecule has 1 fully saturated rings. The third-order valence-corrected chi connectivity index (χ3v) is 5.79. The van der Waals surface area contributed by atoms with E-state index < -0.39 is 0 Å². The molecule has 6 nitrogen and oxygen atoms in total. The van der Waals surface area contributed by atoms with Crippen LogP contribution in [0.2, 0.25) is 0 Å². The van der Waals surface area contributed by atoms with Gasteiger partial charge >= 0.3 is 0 Å². The molecule has 0 aromatic carbocycles. The molecule has 1 aliphatic carbocycles. The summed E-state index contributed by atoms with van der Waals surface area (Å²) in [5, 5.41) is 0.966. The number of rotatable bonds is 4. The SMILES string of the molecule is CC(CCC1CCC1)n1ccc2c(N)ncnc21.Cc1ccn2ccnc2c1. The number of imidazole rings is 1. The second-order valence-corrected chi connectivity index (χ2v) is 7.84. The summed E-state index contributed by atoms with van der Waals surface area (Å²) in [6, 6.07) is 6.62. The van der Waals surface area contributed by atoms with Crippen LogP contribution in [0.1, 0.15) is 50.6 Å². The molecule has 5 rings (SSSR count). The van der Waals surface area contributed by atoms with E-state index in [0.717, 1.165) is 22.6 Å². The van der Waals surface area contributed by atoms with Crippen molar-refractivity contribution in [3.8, 4) is 0 Å². The van der Waals surface area contributed by atoms with Crippen LogP contribution in [0.15, 0.2) is 49.3 Å². The molecule has 0 amide bonds. The zero-order chi connectivity index (χ0) is 19.5. The molecule has 0 radical (unpaired) electrons. The topological polar surface area (TPSA) is 74.0 Å². The Morgan fingerprint density at radius 2 is 2.00 bits per heavy atom. The van der Waals surface area contributed by atoms with Gasteiger partial charge < -0.3 is 14.7 Å². The predicted molar refractivity (Wildman–Crippen MR) is 113 cm³/mol. The van der Waals surface area contributed by atoms with E-state index in [9.17, 15) is 0 Å². The Hall–Kier alpha value is -2.89. The monoisotopic (exact) mass is 376 g/mol. The largest absolute Gasteiger partial charge is 0.383 e. The molecule has 4 aromatic heterocycles. The molecule has 1 aliphatic rings. The maximum atomic E-state index is 5.86. The van der Waals surface area contributed by atoms with Crippen LogP contribution in [0.3, 0.4) is 0 Å². The van der Waals surface area contributed by atoms with Crippen LogP contribution in [-0.2, 0) is 0 Å². The van der Waals surface area contributed by atoms with Gasteiger partial charge in [-0.1, -0.05) is 19.3 Å². The summed E-state index contributed by atoms with van der Waals surface area (Å²) in [5.41, 5.74) is 9.08. The molecule has 1 saturated carbocycles. The minimum absolute atomic E-state index is 0.484. The van der Waals surface area contributed by atoms with E-state index in [2.05, 4.69) is 51.7 Å². The Morgan fingerprint density at radius 3 is 2.79 bits per heavy atom. The molecular formula is C22H28N6. The zero-order valence-electron chi connectivity index (χ0n) is 16.6. The lowest BCUT2D eigenvalue weighted by atomic mass is 9.81. The summed E-state index contributed by atoms with van der Waals surface area (Å²) in [6.07, 6.45) is 16.2. The number of fused-ring (bicyclic) bond motifs is 2. The van der Waals surface area contributed by atoms with Gasteiger partial charge in [0.15, 0.2) is 0 Å². The van der Waals surface area contributed by atoms with E-state index in [1.165, 1.54) is 37.7 Å². The van der Waals surface area contributed by atoms with Gasteiger partial charge in [0, 0.05) is 30.8 Å². The highest BCUT2D eigenvalue weighted by atomic mass is 15.1. The van der Waals surface area contributed by atoms with Gasteiger partial charge in [-0.3, -0.25) is 0 Å². The second-order valence-electron chi connectivity index (χ2n) is 7.84.